The van der Waals surface area contributed by atoms with Crippen LogP contribution in [0.1, 0.15) is 39.7 Å². The molecule has 1 aromatic rings. The van der Waals surface area contributed by atoms with Gasteiger partial charge in [-0.2, -0.15) is 0 Å². The van der Waals surface area contributed by atoms with Gasteiger partial charge in [-0.05, 0) is 39.3 Å². The minimum absolute atomic E-state index is 0.0268. The van der Waals surface area contributed by atoms with E-state index < -0.39 is 22.3 Å². The molecule has 130 valence electrons. The Bertz CT molecular complexity index is 685. The summed E-state index contributed by atoms with van der Waals surface area (Å²) < 4.78 is 10.0. The first-order chi connectivity index (χ1) is 11.1. The van der Waals surface area contributed by atoms with Crippen molar-refractivity contribution in [3.63, 3.8) is 0 Å². The second kappa shape index (κ2) is 7.72. The third kappa shape index (κ3) is 4.91. The van der Waals surface area contributed by atoms with Crippen LogP contribution in [0.2, 0.25) is 0 Å². The summed E-state index contributed by atoms with van der Waals surface area (Å²) in [5.74, 6) is -1.02. The maximum absolute atomic E-state index is 12.1. The Balaban J connectivity index is 3.38. The number of benzene rings is 1. The maximum Gasteiger partial charge on any atom is 0.333 e. The number of carbonyl (C=O) groups excluding carboxylic acids is 2. The number of non-ortho nitro benzene ring substituents is 1. The van der Waals surface area contributed by atoms with Crippen molar-refractivity contribution >= 4 is 23.7 Å². The molecule has 0 radical (unpaired) electrons. The highest BCUT2D eigenvalue weighted by Gasteiger charge is 2.25. The second-order valence-electron chi connectivity index (χ2n) is 6.13. The summed E-state index contributed by atoms with van der Waals surface area (Å²) >= 11 is 0. The number of ether oxygens (including phenoxy) is 2. The summed E-state index contributed by atoms with van der Waals surface area (Å²) in [5, 5.41) is 11.0. The van der Waals surface area contributed by atoms with Crippen molar-refractivity contribution in [3.8, 4) is 5.75 Å². The molecular weight excluding hydrogens is 314 g/mol. The van der Waals surface area contributed by atoms with Gasteiger partial charge in [0, 0.05) is 17.2 Å². The van der Waals surface area contributed by atoms with Gasteiger partial charge in [0.1, 0.15) is 5.75 Å². The van der Waals surface area contributed by atoms with Crippen molar-refractivity contribution in [2.45, 2.75) is 34.1 Å². The lowest BCUT2D eigenvalue weighted by Crippen LogP contribution is -2.25. The summed E-state index contributed by atoms with van der Waals surface area (Å²) in [7, 11) is 1.27. The van der Waals surface area contributed by atoms with Gasteiger partial charge in [-0.25, -0.2) is 4.79 Å². The quantitative estimate of drug-likeness (QED) is 0.269. The Labute approximate surface area is 140 Å². The van der Waals surface area contributed by atoms with Crippen molar-refractivity contribution in [2.75, 3.05) is 7.11 Å². The minimum Gasteiger partial charge on any atom is -0.466 e. The highest BCUT2D eigenvalue weighted by molar-refractivity contribution is 5.94. The molecule has 0 saturated heterocycles. The summed E-state index contributed by atoms with van der Waals surface area (Å²) in [5.41, 5.74) is -0.235. The van der Waals surface area contributed by atoms with E-state index in [1.165, 1.54) is 31.4 Å². The number of hydrogen-bond acceptors (Lipinski definition) is 6. The predicted molar refractivity (Wildman–Crippen MR) is 88.5 cm³/mol. The highest BCUT2D eigenvalue weighted by atomic mass is 16.6. The Hall–Kier alpha value is -2.70. The van der Waals surface area contributed by atoms with Gasteiger partial charge in [0.2, 0.25) is 0 Å². The fourth-order valence-corrected chi connectivity index (χ4v) is 1.72. The molecule has 0 saturated carbocycles. The molecule has 0 fully saturated rings. The zero-order valence-electron chi connectivity index (χ0n) is 14.4. The molecule has 0 heterocycles. The van der Waals surface area contributed by atoms with E-state index in [2.05, 4.69) is 4.74 Å². The summed E-state index contributed by atoms with van der Waals surface area (Å²) in [6.07, 6.45) is 1.90. The van der Waals surface area contributed by atoms with Gasteiger partial charge in [-0.3, -0.25) is 14.9 Å². The summed E-state index contributed by atoms with van der Waals surface area (Å²) in [4.78, 5) is 34.2. The third-order valence-corrected chi connectivity index (χ3v) is 3.18. The molecule has 0 unspecified atom stereocenters. The average Bonchev–Trinajstić information content (AvgIpc) is 2.51. The topological polar surface area (TPSA) is 95.7 Å². The van der Waals surface area contributed by atoms with Gasteiger partial charge in [0.25, 0.3) is 5.69 Å². The molecule has 0 spiro atoms. The molecule has 0 aromatic heterocycles. The lowest BCUT2D eigenvalue weighted by Gasteiger charge is -2.17. The van der Waals surface area contributed by atoms with Crippen molar-refractivity contribution in [1.82, 2.24) is 0 Å². The van der Waals surface area contributed by atoms with Crippen LogP contribution in [-0.4, -0.2) is 24.0 Å². The normalized spacial score (nSPS) is 11.8. The fourth-order valence-electron chi connectivity index (χ4n) is 1.72. The van der Waals surface area contributed by atoms with Gasteiger partial charge in [0.05, 0.1) is 23.5 Å². The predicted octanol–water partition coefficient (Wildman–Crippen LogP) is 3.51. The van der Waals surface area contributed by atoms with Crippen molar-refractivity contribution < 1.29 is 24.0 Å². The Morgan fingerprint density at radius 3 is 2.38 bits per heavy atom. The Kier molecular flexibility index (Phi) is 6.22. The van der Waals surface area contributed by atoms with Gasteiger partial charge in [-0.1, -0.05) is 6.92 Å². The van der Waals surface area contributed by atoms with E-state index in [4.69, 9.17) is 4.74 Å². The number of nitrogens with zero attached hydrogens (tertiary/aromatic N) is 1. The standard InChI is InChI=1S/C17H21NO6/c1-6-11(15(19)23-5)9-12-7-8-13(18(21)22)10-14(12)24-16(20)17(2,3)4/h7-10H,6H2,1-5H3/b11-9+. The van der Waals surface area contributed by atoms with E-state index in [1.54, 1.807) is 27.7 Å². The van der Waals surface area contributed by atoms with Crippen LogP contribution >= 0.6 is 0 Å². The van der Waals surface area contributed by atoms with Crippen LogP contribution < -0.4 is 4.74 Å². The number of esters is 2. The molecule has 0 bridgehead atoms. The van der Waals surface area contributed by atoms with Crippen LogP contribution in [0.3, 0.4) is 0 Å². The van der Waals surface area contributed by atoms with E-state index in [1.807, 2.05) is 0 Å². The third-order valence-electron chi connectivity index (χ3n) is 3.18. The molecule has 1 aromatic carbocycles. The van der Waals surface area contributed by atoms with Crippen LogP contribution in [0.5, 0.6) is 5.75 Å². The molecule has 7 nitrogen and oxygen atoms in total. The number of rotatable bonds is 5. The number of nitro benzene ring substituents is 1. The summed E-state index contributed by atoms with van der Waals surface area (Å²) in [6.45, 7) is 6.80. The Morgan fingerprint density at radius 2 is 1.92 bits per heavy atom. The lowest BCUT2D eigenvalue weighted by molar-refractivity contribution is -0.384. The monoisotopic (exact) mass is 335 g/mol. The molecule has 0 amide bonds. The van der Waals surface area contributed by atoms with Crippen LogP contribution in [0.25, 0.3) is 6.08 Å². The van der Waals surface area contributed by atoms with Gasteiger partial charge >= 0.3 is 11.9 Å². The van der Waals surface area contributed by atoms with Crippen LogP contribution in [0, 0.1) is 15.5 Å². The summed E-state index contributed by atoms with van der Waals surface area (Å²) in [6, 6.07) is 3.88. The van der Waals surface area contributed by atoms with E-state index in [0.717, 1.165) is 0 Å². The van der Waals surface area contributed by atoms with Gasteiger partial charge in [0.15, 0.2) is 0 Å². The molecule has 1 rings (SSSR count). The Morgan fingerprint density at radius 1 is 1.29 bits per heavy atom. The lowest BCUT2D eigenvalue weighted by atomic mass is 9.97. The highest BCUT2D eigenvalue weighted by Crippen LogP contribution is 2.29. The first kappa shape index (κ1) is 19.3. The molecule has 7 heteroatoms. The largest absolute Gasteiger partial charge is 0.466 e. The number of methoxy groups -OCH3 is 1. The van der Waals surface area contributed by atoms with Crippen LogP contribution in [-0.2, 0) is 14.3 Å². The maximum atomic E-state index is 12.1. The molecule has 0 aliphatic carbocycles. The first-order valence-corrected chi connectivity index (χ1v) is 7.39. The van der Waals surface area contributed by atoms with E-state index in [-0.39, 0.29) is 11.4 Å². The van der Waals surface area contributed by atoms with Gasteiger partial charge in [-0.15, -0.1) is 0 Å². The van der Waals surface area contributed by atoms with Crippen molar-refractivity contribution in [1.29, 1.82) is 0 Å². The average molecular weight is 335 g/mol. The fraction of sp³-hybridized carbons (Fsp3) is 0.412. The van der Waals surface area contributed by atoms with Crippen molar-refractivity contribution in [2.24, 2.45) is 5.41 Å². The van der Waals surface area contributed by atoms with E-state index >= 15 is 0 Å². The SMILES string of the molecule is CC/C(=C\c1ccc([N+](=O)[O-])cc1OC(=O)C(C)(C)C)C(=O)OC. The zero-order valence-corrected chi connectivity index (χ0v) is 14.4. The van der Waals surface area contributed by atoms with Crippen molar-refractivity contribution in [3.05, 3.63) is 39.4 Å². The number of hydrogen-bond donors (Lipinski definition) is 0. The first-order valence-electron chi connectivity index (χ1n) is 7.39. The van der Waals surface area contributed by atoms with Crippen LogP contribution in [0.4, 0.5) is 5.69 Å². The molecule has 0 N–H and O–H groups in total. The molecule has 24 heavy (non-hydrogen) atoms. The zero-order chi connectivity index (χ0) is 18.5. The molecule has 0 aliphatic rings. The van der Waals surface area contributed by atoms with Gasteiger partial charge < -0.3 is 9.47 Å². The molecule has 0 atom stereocenters. The molecule has 0 aliphatic heterocycles. The number of nitro groups is 1. The smallest absolute Gasteiger partial charge is 0.333 e. The number of carbonyl (C=O) groups is 2. The van der Waals surface area contributed by atoms with E-state index in [0.29, 0.717) is 17.6 Å². The second-order valence-corrected chi connectivity index (χ2v) is 6.13. The minimum atomic E-state index is -0.776. The van der Waals surface area contributed by atoms with E-state index in [9.17, 15) is 19.7 Å². The van der Waals surface area contributed by atoms with Crippen LogP contribution in [0.15, 0.2) is 23.8 Å². The molecular formula is C17H21NO6.